The smallest absolute Gasteiger partial charge is 0.341 e. The van der Waals surface area contributed by atoms with Crippen LogP contribution in [0.25, 0.3) is 0 Å². The number of rotatable bonds is 3. The molecule has 0 atom stereocenters. The predicted molar refractivity (Wildman–Crippen MR) is 50.8 cm³/mol. The van der Waals surface area contributed by atoms with E-state index in [1.165, 1.54) is 18.4 Å². The van der Waals surface area contributed by atoms with E-state index in [1.807, 2.05) is 0 Å². The molecule has 13 heavy (non-hydrogen) atoms. The summed E-state index contributed by atoms with van der Waals surface area (Å²) in [7, 11) is 2.89. The lowest BCUT2D eigenvalue weighted by Crippen LogP contribution is -2.06. The fourth-order valence-corrected chi connectivity index (χ4v) is 1.79. The van der Waals surface area contributed by atoms with Gasteiger partial charge in [-0.25, -0.2) is 4.79 Å². The number of hydrogen-bond donors (Lipinski definition) is 1. The Balaban J connectivity index is 3.01. The van der Waals surface area contributed by atoms with E-state index in [1.54, 1.807) is 12.5 Å². The summed E-state index contributed by atoms with van der Waals surface area (Å²) in [6.45, 7) is 0.373. The first-order valence-electron chi connectivity index (χ1n) is 3.63. The van der Waals surface area contributed by atoms with Crippen LogP contribution in [0.15, 0.2) is 5.38 Å². The maximum absolute atomic E-state index is 11.2. The van der Waals surface area contributed by atoms with Crippen LogP contribution in [0, 0.1) is 0 Å². The molecule has 0 spiro atoms. The standard InChI is InChI=1S/C8H11NO3S/c1-11-3-5-4-13-7(9)6(5)8(10)12-2/h4H,3,9H2,1-2H3. The minimum atomic E-state index is -0.411. The van der Waals surface area contributed by atoms with Crippen molar-refractivity contribution in [3.05, 3.63) is 16.5 Å². The highest BCUT2D eigenvalue weighted by Gasteiger charge is 2.17. The molecule has 1 aromatic rings. The number of esters is 1. The summed E-state index contributed by atoms with van der Waals surface area (Å²) in [6, 6.07) is 0. The van der Waals surface area contributed by atoms with Crippen LogP contribution in [0.3, 0.4) is 0 Å². The van der Waals surface area contributed by atoms with E-state index in [-0.39, 0.29) is 0 Å². The molecule has 0 aromatic carbocycles. The Hall–Kier alpha value is -1.07. The summed E-state index contributed by atoms with van der Waals surface area (Å²) in [6.07, 6.45) is 0. The van der Waals surface area contributed by atoms with Crippen LogP contribution in [-0.4, -0.2) is 20.2 Å². The molecule has 4 nitrogen and oxygen atoms in total. The lowest BCUT2D eigenvalue weighted by atomic mass is 10.2. The van der Waals surface area contributed by atoms with Crippen molar-refractivity contribution in [1.29, 1.82) is 0 Å². The molecule has 5 heteroatoms. The second-order valence-corrected chi connectivity index (χ2v) is 3.34. The molecule has 2 N–H and O–H groups in total. The van der Waals surface area contributed by atoms with Gasteiger partial charge in [0.15, 0.2) is 0 Å². The molecule has 0 aliphatic heterocycles. The molecule has 0 radical (unpaired) electrons. The lowest BCUT2D eigenvalue weighted by Gasteiger charge is -2.01. The molecule has 1 aromatic heterocycles. The summed E-state index contributed by atoms with van der Waals surface area (Å²) >= 11 is 1.31. The number of nitrogens with two attached hydrogens (primary N) is 1. The molecule has 0 aliphatic rings. The molecule has 0 bridgehead atoms. The van der Waals surface area contributed by atoms with Gasteiger partial charge < -0.3 is 15.2 Å². The molecular formula is C8H11NO3S. The van der Waals surface area contributed by atoms with Gasteiger partial charge >= 0.3 is 5.97 Å². The van der Waals surface area contributed by atoms with E-state index in [4.69, 9.17) is 10.5 Å². The number of ether oxygens (including phenoxy) is 2. The predicted octanol–water partition coefficient (Wildman–Crippen LogP) is 1.26. The van der Waals surface area contributed by atoms with Crippen molar-refractivity contribution < 1.29 is 14.3 Å². The highest BCUT2D eigenvalue weighted by Crippen LogP contribution is 2.26. The van der Waals surface area contributed by atoms with Crippen LogP contribution in [0.1, 0.15) is 15.9 Å². The van der Waals surface area contributed by atoms with Gasteiger partial charge in [-0.2, -0.15) is 0 Å². The Morgan fingerprint density at radius 2 is 2.31 bits per heavy atom. The quantitative estimate of drug-likeness (QED) is 0.748. The second-order valence-electron chi connectivity index (χ2n) is 2.42. The third-order valence-corrected chi connectivity index (χ3v) is 2.45. The van der Waals surface area contributed by atoms with Gasteiger partial charge in [0, 0.05) is 12.7 Å². The summed E-state index contributed by atoms with van der Waals surface area (Å²) in [5, 5.41) is 2.27. The number of carbonyl (C=O) groups excluding carboxylic acids is 1. The number of hydrogen-bond acceptors (Lipinski definition) is 5. The summed E-state index contributed by atoms with van der Waals surface area (Å²) in [5.74, 6) is -0.411. The van der Waals surface area contributed by atoms with Gasteiger partial charge in [0.05, 0.1) is 19.3 Å². The average molecular weight is 201 g/mol. The Morgan fingerprint density at radius 3 is 2.85 bits per heavy atom. The van der Waals surface area contributed by atoms with E-state index in [2.05, 4.69) is 4.74 Å². The molecule has 0 unspecified atom stereocenters. The van der Waals surface area contributed by atoms with Crippen molar-refractivity contribution in [1.82, 2.24) is 0 Å². The Kier molecular flexibility index (Phi) is 3.27. The zero-order chi connectivity index (χ0) is 9.84. The van der Waals surface area contributed by atoms with Crippen LogP contribution in [0.4, 0.5) is 5.00 Å². The number of carbonyl (C=O) groups is 1. The fourth-order valence-electron chi connectivity index (χ4n) is 1.01. The highest BCUT2D eigenvalue weighted by molar-refractivity contribution is 7.14. The van der Waals surface area contributed by atoms with Crippen LogP contribution in [0.5, 0.6) is 0 Å². The Labute approximate surface area is 80.3 Å². The van der Waals surface area contributed by atoms with Gasteiger partial charge in [0.25, 0.3) is 0 Å². The summed E-state index contributed by atoms with van der Waals surface area (Å²) < 4.78 is 9.51. The van der Waals surface area contributed by atoms with Crippen molar-refractivity contribution in [3.63, 3.8) is 0 Å². The van der Waals surface area contributed by atoms with Gasteiger partial charge in [-0.15, -0.1) is 11.3 Å². The third kappa shape index (κ3) is 1.99. The minimum absolute atomic E-state index is 0.373. The zero-order valence-corrected chi connectivity index (χ0v) is 8.31. The first-order valence-corrected chi connectivity index (χ1v) is 4.51. The van der Waals surface area contributed by atoms with Gasteiger partial charge in [0.2, 0.25) is 0 Å². The molecule has 0 amide bonds. The first-order chi connectivity index (χ1) is 6.20. The SMILES string of the molecule is COCc1csc(N)c1C(=O)OC. The summed E-state index contributed by atoms with van der Waals surface area (Å²) in [5.41, 5.74) is 6.81. The fraction of sp³-hybridized carbons (Fsp3) is 0.375. The van der Waals surface area contributed by atoms with E-state index >= 15 is 0 Å². The molecule has 1 rings (SSSR count). The van der Waals surface area contributed by atoms with Gasteiger partial charge in [0.1, 0.15) is 5.00 Å². The van der Waals surface area contributed by atoms with E-state index < -0.39 is 5.97 Å². The van der Waals surface area contributed by atoms with Gasteiger partial charge in [-0.3, -0.25) is 0 Å². The number of anilines is 1. The maximum Gasteiger partial charge on any atom is 0.341 e. The van der Waals surface area contributed by atoms with E-state index in [0.717, 1.165) is 5.56 Å². The Morgan fingerprint density at radius 1 is 1.62 bits per heavy atom. The van der Waals surface area contributed by atoms with Gasteiger partial charge in [-0.05, 0) is 5.38 Å². The molecule has 0 aliphatic carbocycles. The summed E-state index contributed by atoms with van der Waals surface area (Å²) in [4.78, 5) is 11.2. The van der Waals surface area contributed by atoms with Crippen LogP contribution in [0.2, 0.25) is 0 Å². The lowest BCUT2D eigenvalue weighted by molar-refractivity contribution is 0.0598. The van der Waals surface area contributed by atoms with Gasteiger partial charge in [-0.1, -0.05) is 0 Å². The highest BCUT2D eigenvalue weighted by atomic mass is 32.1. The van der Waals surface area contributed by atoms with Crippen molar-refractivity contribution in [2.75, 3.05) is 20.0 Å². The minimum Gasteiger partial charge on any atom is -0.465 e. The second kappa shape index (κ2) is 4.25. The van der Waals surface area contributed by atoms with Crippen molar-refractivity contribution in [2.24, 2.45) is 0 Å². The molecular weight excluding hydrogens is 190 g/mol. The average Bonchev–Trinajstić information content (AvgIpc) is 2.47. The molecule has 0 fully saturated rings. The topological polar surface area (TPSA) is 61.5 Å². The first kappa shape index (κ1) is 10.0. The van der Waals surface area contributed by atoms with Crippen molar-refractivity contribution in [2.45, 2.75) is 6.61 Å². The third-order valence-electron chi connectivity index (χ3n) is 1.59. The van der Waals surface area contributed by atoms with E-state index in [0.29, 0.717) is 17.2 Å². The molecule has 0 saturated carbocycles. The molecule has 1 heterocycles. The maximum atomic E-state index is 11.2. The number of methoxy groups -OCH3 is 2. The molecule has 72 valence electrons. The molecule has 0 saturated heterocycles. The van der Waals surface area contributed by atoms with Crippen molar-refractivity contribution in [3.8, 4) is 0 Å². The zero-order valence-electron chi connectivity index (χ0n) is 7.49. The van der Waals surface area contributed by atoms with Crippen molar-refractivity contribution >= 4 is 22.3 Å². The van der Waals surface area contributed by atoms with Crippen LogP contribution >= 0.6 is 11.3 Å². The Bertz CT molecular complexity index is 308. The van der Waals surface area contributed by atoms with E-state index in [9.17, 15) is 4.79 Å². The monoisotopic (exact) mass is 201 g/mol. The normalized spacial score (nSPS) is 10.0. The van der Waals surface area contributed by atoms with Crippen LogP contribution < -0.4 is 5.73 Å². The number of nitrogen functional groups attached to an aromatic ring is 1. The van der Waals surface area contributed by atoms with Crippen LogP contribution in [-0.2, 0) is 16.1 Å². The largest absolute Gasteiger partial charge is 0.465 e. The number of thiophene rings is 1.